The minimum Gasteiger partial charge on any atom is -0.456 e. The van der Waals surface area contributed by atoms with Crippen LogP contribution in [0, 0.1) is 29.6 Å². The number of hydrogen-bond donors (Lipinski definition) is 2. The molecule has 1 aliphatic carbocycles. The molecule has 0 aromatic carbocycles. The van der Waals surface area contributed by atoms with Crippen molar-refractivity contribution in [2.24, 2.45) is 29.6 Å². The third-order valence-corrected chi connectivity index (χ3v) is 22.2. The van der Waals surface area contributed by atoms with Crippen LogP contribution in [0.4, 0.5) is 0 Å². The summed E-state index contributed by atoms with van der Waals surface area (Å²) in [6.07, 6.45) is 6.57. The predicted octanol–water partition coefficient (Wildman–Crippen LogP) is 9.23. The number of carbonyl (C=O) groups excluding carboxylic acids is 4. The normalized spacial score (nSPS) is 36.8. The first-order valence-corrected chi connectivity index (χ1v) is 28.1. The van der Waals surface area contributed by atoms with Crippen molar-refractivity contribution in [1.82, 2.24) is 4.90 Å². The van der Waals surface area contributed by atoms with Crippen LogP contribution in [0.1, 0.15) is 154 Å². The lowest BCUT2D eigenvalue weighted by atomic mass is 9.81. The van der Waals surface area contributed by atoms with Crippen LogP contribution in [0.5, 0.6) is 0 Å². The van der Waals surface area contributed by atoms with E-state index in [9.17, 15) is 29.4 Å². The zero-order chi connectivity index (χ0) is 50.8. The number of hydrogen-bond acceptors (Lipinski definition) is 12. The second-order valence-corrected chi connectivity index (χ2v) is 27.4. The van der Waals surface area contributed by atoms with Crippen LogP contribution in [0.25, 0.3) is 0 Å². The number of aliphatic hydroxyl groups is 2. The van der Waals surface area contributed by atoms with Crippen molar-refractivity contribution in [2.75, 3.05) is 27.4 Å². The van der Waals surface area contributed by atoms with E-state index in [1.54, 1.807) is 27.2 Å². The molecule has 4 aliphatic rings. The fourth-order valence-electron chi connectivity index (χ4n) is 12.3. The quantitative estimate of drug-likeness (QED) is 0.0779. The van der Waals surface area contributed by atoms with E-state index in [2.05, 4.69) is 67.2 Å². The summed E-state index contributed by atoms with van der Waals surface area (Å²) in [6, 6.07) is -1.12. The van der Waals surface area contributed by atoms with Crippen molar-refractivity contribution in [3.8, 4) is 0 Å². The molecule has 3 heterocycles. The maximum atomic E-state index is 15.0. The van der Waals surface area contributed by atoms with E-state index in [-0.39, 0.29) is 66.0 Å². The topological polar surface area (TPSA) is 167 Å². The molecule has 0 aromatic rings. The van der Waals surface area contributed by atoms with Gasteiger partial charge in [-0.2, -0.15) is 0 Å². The molecular formula is C54H91NO12Si. The number of piperidine rings is 1. The number of allylic oxidation sites excluding steroid dienone is 3. The summed E-state index contributed by atoms with van der Waals surface area (Å²) in [5.41, 5.74) is 2.43. The number of Topliss-reactive ketones (excluding diaryl/α,β-unsaturated/α-hetero) is 2. The molecule has 14 atom stereocenters. The Morgan fingerprint density at radius 2 is 1.54 bits per heavy atom. The van der Waals surface area contributed by atoms with E-state index in [1.807, 2.05) is 27.7 Å². The average Bonchev–Trinajstić information content (AvgIpc) is 3.29. The van der Waals surface area contributed by atoms with Gasteiger partial charge in [-0.3, -0.25) is 14.4 Å². The molecule has 0 spiro atoms. The molecule has 68 heavy (non-hydrogen) atoms. The lowest BCUT2D eigenvalue weighted by Crippen LogP contribution is -2.64. The number of nitrogens with zero attached hydrogens (tertiary/aromatic N) is 1. The molecular weight excluding hydrogens is 883 g/mol. The van der Waals surface area contributed by atoms with Gasteiger partial charge in [-0.1, -0.05) is 93.0 Å². The molecule has 2 bridgehead atoms. The Labute approximate surface area is 410 Å². The van der Waals surface area contributed by atoms with Crippen molar-refractivity contribution in [3.63, 3.8) is 0 Å². The molecule has 1 amide bonds. The van der Waals surface area contributed by atoms with Gasteiger partial charge >= 0.3 is 5.97 Å². The van der Waals surface area contributed by atoms with Gasteiger partial charge in [0.25, 0.3) is 11.7 Å². The second-order valence-electron chi connectivity index (χ2n) is 21.9. The van der Waals surface area contributed by atoms with Crippen LogP contribution >= 0.6 is 0 Å². The number of aliphatic hydroxyl groups excluding tert-OH is 1. The highest BCUT2D eigenvalue weighted by molar-refractivity contribution is 6.77. The highest BCUT2D eigenvalue weighted by Gasteiger charge is 2.57. The van der Waals surface area contributed by atoms with Gasteiger partial charge in [0.1, 0.15) is 24.0 Å². The molecule has 0 radical (unpaired) electrons. The molecule has 3 aliphatic heterocycles. The van der Waals surface area contributed by atoms with Crippen LogP contribution < -0.4 is 0 Å². The number of amides is 1. The second kappa shape index (κ2) is 25.7. The number of carbonyl (C=O) groups is 4. The monoisotopic (exact) mass is 974 g/mol. The number of cyclic esters (lactones) is 1. The van der Waals surface area contributed by atoms with E-state index in [0.29, 0.717) is 58.0 Å². The molecule has 2 N–H and O–H groups in total. The van der Waals surface area contributed by atoms with E-state index in [1.165, 1.54) is 4.90 Å². The van der Waals surface area contributed by atoms with Gasteiger partial charge in [-0.15, -0.1) is 6.58 Å². The molecule has 1 saturated carbocycles. The van der Waals surface area contributed by atoms with Crippen molar-refractivity contribution in [3.05, 3.63) is 36.0 Å². The van der Waals surface area contributed by atoms with Crippen molar-refractivity contribution in [2.45, 2.75) is 225 Å². The Morgan fingerprint density at radius 1 is 0.912 bits per heavy atom. The molecule has 14 unspecified atom stereocenters. The van der Waals surface area contributed by atoms with Crippen LogP contribution in [-0.2, 0) is 47.3 Å². The van der Waals surface area contributed by atoms with Gasteiger partial charge in [0.15, 0.2) is 0 Å². The Balaban J connectivity index is 1.93. The number of rotatable bonds is 13. The summed E-state index contributed by atoms with van der Waals surface area (Å²) < 4.78 is 38.6. The molecule has 3 fully saturated rings. The van der Waals surface area contributed by atoms with E-state index in [0.717, 1.165) is 11.1 Å². The summed E-state index contributed by atoms with van der Waals surface area (Å²) in [6.45, 7) is 29.3. The maximum absolute atomic E-state index is 15.0. The lowest BCUT2D eigenvalue weighted by Gasteiger charge is -2.47. The summed E-state index contributed by atoms with van der Waals surface area (Å²) in [5.74, 6) is -6.97. The van der Waals surface area contributed by atoms with E-state index in [4.69, 9.17) is 28.1 Å². The Bertz CT molecular complexity index is 1740. The number of esters is 1. The standard InChI is InChI=1S/C54H91NO12Si/c1-16-24-64-46-30-40(21-22-43(46)56)28-37(11)49-39(13)45(67-68(32(3)4,33(5)6)34(7)8)31-44(57)41(17-2)26-35(9)25-36(10)27-47(62-14)50-48(63-15)29-38(12)54(61,66-50)51(58)52(59)55-23-19-18-20-42(55)53(60)65-49/h16,26,28,32-34,36,38-43,45-50,56,61H,1,17-25,27,29-31H2,2-15H3/b35-26+,37-28?. The minimum atomic E-state index is -2.66. The summed E-state index contributed by atoms with van der Waals surface area (Å²) in [7, 11) is 0.457. The first kappa shape index (κ1) is 58.0. The van der Waals surface area contributed by atoms with Gasteiger partial charge in [0.2, 0.25) is 14.1 Å². The average molecular weight is 974 g/mol. The number of ketones is 2. The summed E-state index contributed by atoms with van der Waals surface area (Å²) >= 11 is 0. The zero-order valence-corrected chi connectivity index (χ0v) is 45.3. The first-order valence-electron chi connectivity index (χ1n) is 26.0. The SMILES string of the molecule is C=CCOC1CC(C=C(C)C2OC(=O)C3CCCCN3C(=O)C(=O)C3(O)OC(C(OC)CC(C)C/C(C)=C/C(CC)C(=O)CC(O[Si](C(C)C)(C(C)C)C(C)C)C2C)C(OC)CC3C)CCC1O. The van der Waals surface area contributed by atoms with Crippen LogP contribution in [-0.4, -0.2) is 129 Å². The molecule has 13 nitrogen and oxygen atoms in total. The third-order valence-electron chi connectivity index (χ3n) is 16.1. The number of ether oxygens (including phenoxy) is 5. The van der Waals surface area contributed by atoms with Crippen LogP contribution in [0.2, 0.25) is 16.6 Å². The van der Waals surface area contributed by atoms with Gasteiger partial charge in [0.05, 0.1) is 37.1 Å². The summed E-state index contributed by atoms with van der Waals surface area (Å²) in [4.78, 5) is 60.3. The summed E-state index contributed by atoms with van der Waals surface area (Å²) in [5, 5.41) is 23.1. The Kier molecular flexibility index (Phi) is 21.9. The van der Waals surface area contributed by atoms with E-state index < -0.39 is 92.4 Å². The van der Waals surface area contributed by atoms with Gasteiger partial charge in [0, 0.05) is 44.9 Å². The highest BCUT2D eigenvalue weighted by Crippen LogP contribution is 2.46. The fraction of sp³-hybridized carbons (Fsp3) is 0.815. The lowest BCUT2D eigenvalue weighted by molar-refractivity contribution is -0.302. The number of methoxy groups -OCH3 is 2. The van der Waals surface area contributed by atoms with Gasteiger partial charge in [-0.25, -0.2) is 4.79 Å². The van der Waals surface area contributed by atoms with Gasteiger partial charge < -0.3 is 43.2 Å². The maximum Gasteiger partial charge on any atom is 0.329 e. The minimum absolute atomic E-state index is 0.0106. The fourth-order valence-corrected chi connectivity index (χ4v) is 18.0. The molecule has 2 saturated heterocycles. The molecule has 14 heteroatoms. The van der Waals surface area contributed by atoms with E-state index >= 15 is 0 Å². The zero-order valence-electron chi connectivity index (χ0n) is 44.3. The predicted molar refractivity (Wildman–Crippen MR) is 267 cm³/mol. The van der Waals surface area contributed by atoms with Crippen molar-refractivity contribution >= 4 is 31.8 Å². The van der Waals surface area contributed by atoms with Gasteiger partial charge in [-0.05, 0) is 112 Å². The molecule has 0 aromatic heterocycles. The smallest absolute Gasteiger partial charge is 0.329 e. The van der Waals surface area contributed by atoms with Crippen LogP contribution in [0.3, 0.4) is 0 Å². The Morgan fingerprint density at radius 3 is 2.13 bits per heavy atom. The highest BCUT2D eigenvalue weighted by atomic mass is 28.4. The van der Waals surface area contributed by atoms with Crippen molar-refractivity contribution in [1.29, 1.82) is 0 Å². The Hall–Kier alpha value is -2.56. The van der Waals surface area contributed by atoms with Crippen molar-refractivity contribution < 1.29 is 57.5 Å². The van der Waals surface area contributed by atoms with Crippen LogP contribution in [0.15, 0.2) is 36.0 Å². The first-order chi connectivity index (χ1) is 32.0. The molecule has 4 rings (SSSR count). The number of fused-ring (bicyclic) bond motifs is 3. The molecule has 388 valence electrons. The third kappa shape index (κ3) is 13.5. The largest absolute Gasteiger partial charge is 0.456 e.